The lowest BCUT2D eigenvalue weighted by Gasteiger charge is -2.28. The summed E-state index contributed by atoms with van der Waals surface area (Å²) in [5.41, 5.74) is 0.753. The van der Waals surface area contributed by atoms with Gasteiger partial charge < -0.3 is 9.32 Å². The van der Waals surface area contributed by atoms with Gasteiger partial charge in [-0.1, -0.05) is 6.07 Å². The molecule has 0 aromatic carbocycles. The number of ketones is 1. The molecular weight excluding hydrogens is 282 g/mol. The van der Waals surface area contributed by atoms with Crippen molar-refractivity contribution in [2.24, 2.45) is 11.8 Å². The topological polar surface area (TPSA) is 33.5 Å². The van der Waals surface area contributed by atoms with Gasteiger partial charge in [0.15, 0.2) is 5.78 Å². The Bertz CT molecular complexity index is 623. The summed E-state index contributed by atoms with van der Waals surface area (Å²) in [6.07, 6.45) is 5.00. The summed E-state index contributed by atoms with van der Waals surface area (Å²) >= 11 is 1.64. The number of nitrogens with zero attached hydrogens (tertiary/aromatic N) is 1. The monoisotopic (exact) mass is 301 g/mol. The van der Waals surface area contributed by atoms with Crippen molar-refractivity contribution in [2.45, 2.75) is 19.3 Å². The molecule has 5 heterocycles. The second-order valence-electron chi connectivity index (χ2n) is 6.12. The summed E-state index contributed by atoms with van der Waals surface area (Å²) in [4.78, 5) is 16.4. The van der Waals surface area contributed by atoms with Crippen LogP contribution in [0.5, 0.6) is 0 Å². The molecule has 3 fully saturated rings. The molecule has 3 nitrogen and oxygen atoms in total. The molecule has 2 bridgehead atoms. The van der Waals surface area contributed by atoms with Crippen LogP contribution in [0.25, 0.3) is 10.6 Å². The Morgan fingerprint density at radius 2 is 2.05 bits per heavy atom. The van der Waals surface area contributed by atoms with E-state index in [2.05, 4.69) is 4.90 Å². The van der Waals surface area contributed by atoms with Crippen molar-refractivity contribution < 1.29 is 9.21 Å². The van der Waals surface area contributed by atoms with Crippen LogP contribution >= 0.6 is 11.3 Å². The molecule has 2 aromatic heterocycles. The fourth-order valence-electron chi connectivity index (χ4n) is 3.71. The standard InChI is InChI=1S/C17H19NO2S/c19-17(14-5-8-18-6-3-12(14)4-7-18)13-10-15(20-11-13)16-2-1-9-21-16/h1-2,9-12,14H,3-8H2. The summed E-state index contributed by atoms with van der Waals surface area (Å²) in [7, 11) is 0. The van der Waals surface area contributed by atoms with Crippen LogP contribution in [0.2, 0.25) is 0 Å². The molecule has 3 saturated heterocycles. The highest BCUT2D eigenvalue weighted by atomic mass is 32.1. The van der Waals surface area contributed by atoms with Crippen molar-refractivity contribution in [3.63, 3.8) is 0 Å². The lowest BCUT2D eigenvalue weighted by Crippen LogP contribution is -2.31. The third-order valence-corrected chi connectivity index (χ3v) is 5.83. The number of carbonyl (C=O) groups is 1. The molecule has 21 heavy (non-hydrogen) atoms. The van der Waals surface area contributed by atoms with Crippen LogP contribution in [0, 0.1) is 11.8 Å². The Labute approximate surface area is 128 Å². The molecule has 5 rings (SSSR count). The minimum atomic E-state index is 0.186. The van der Waals surface area contributed by atoms with E-state index in [1.54, 1.807) is 17.6 Å². The van der Waals surface area contributed by atoms with Crippen molar-refractivity contribution >= 4 is 17.1 Å². The SMILES string of the molecule is O=C(c1coc(-c2cccs2)c1)C1CCN2CCC1CC2. The van der Waals surface area contributed by atoms with Gasteiger partial charge >= 0.3 is 0 Å². The number of thiophene rings is 1. The van der Waals surface area contributed by atoms with Gasteiger partial charge in [0, 0.05) is 5.92 Å². The Morgan fingerprint density at radius 3 is 2.81 bits per heavy atom. The van der Waals surface area contributed by atoms with E-state index in [1.165, 1.54) is 25.9 Å². The van der Waals surface area contributed by atoms with Gasteiger partial charge in [-0.3, -0.25) is 4.79 Å². The van der Waals surface area contributed by atoms with Crippen LogP contribution in [0.1, 0.15) is 29.6 Å². The van der Waals surface area contributed by atoms with E-state index < -0.39 is 0 Å². The summed E-state index contributed by atoms with van der Waals surface area (Å²) in [6.45, 7) is 3.41. The number of furan rings is 1. The molecule has 1 unspecified atom stereocenters. The third kappa shape index (κ3) is 2.47. The fourth-order valence-corrected chi connectivity index (χ4v) is 4.39. The molecule has 0 aliphatic carbocycles. The number of carbonyl (C=O) groups excluding carboxylic acids is 1. The fraction of sp³-hybridized carbons (Fsp3) is 0.471. The molecule has 0 N–H and O–H groups in total. The Hall–Kier alpha value is -1.39. The number of piperidine rings is 1. The van der Waals surface area contributed by atoms with Crippen molar-refractivity contribution in [3.8, 4) is 10.6 Å². The summed E-state index contributed by atoms with van der Waals surface area (Å²) in [5, 5.41) is 2.03. The van der Waals surface area contributed by atoms with Crippen LogP contribution in [0.15, 0.2) is 34.3 Å². The Balaban J connectivity index is 1.57. The van der Waals surface area contributed by atoms with Crippen LogP contribution < -0.4 is 0 Å². The van der Waals surface area contributed by atoms with Gasteiger partial charge in [-0.05, 0) is 62.3 Å². The number of fused-ring (bicyclic) bond motifs is 4. The molecule has 110 valence electrons. The van der Waals surface area contributed by atoms with Crippen molar-refractivity contribution in [1.82, 2.24) is 4.90 Å². The summed E-state index contributed by atoms with van der Waals surface area (Å²) < 4.78 is 5.61. The quantitative estimate of drug-likeness (QED) is 0.806. The molecular formula is C17H19NO2S. The molecule has 0 radical (unpaired) electrons. The predicted octanol–water partition coefficient (Wildman–Crippen LogP) is 3.92. The predicted molar refractivity (Wildman–Crippen MR) is 83.6 cm³/mol. The minimum Gasteiger partial charge on any atom is -0.463 e. The zero-order valence-electron chi connectivity index (χ0n) is 12.0. The molecule has 0 spiro atoms. The van der Waals surface area contributed by atoms with E-state index in [4.69, 9.17) is 4.42 Å². The normalized spacial score (nSPS) is 28.5. The van der Waals surface area contributed by atoms with Gasteiger partial charge in [0.2, 0.25) is 0 Å². The maximum absolute atomic E-state index is 12.8. The van der Waals surface area contributed by atoms with E-state index >= 15 is 0 Å². The van der Waals surface area contributed by atoms with Crippen molar-refractivity contribution in [3.05, 3.63) is 35.4 Å². The summed E-state index contributed by atoms with van der Waals surface area (Å²) in [6, 6.07) is 5.95. The second-order valence-corrected chi connectivity index (χ2v) is 7.06. The van der Waals surface area contributed by atoms with Gasteiger partial charge in [-0.2, -0.15) is 0 Å². The zero-order valence-corrected chi connectivity index (χ0v) is 12.8. The smallest absolute Gasteiger partial charge is 0.169 e. The minimum absolute atomic E-state index is 0.186. The van der Waals surface area contributed by atoms with Crippen LogP contribution in [0.3, 0.4) is 0 Å². The maximum atomic E-state index is 12.8. The van der Waals surface area contributed by atoms with Crippen LogP contribution in [-0.2, 0) is 0 Å². The van der Waals surface area contributed by atoms with E-state index in [0.29, 0.717) is 5.92 Å². The van der Waals surface area contributed by atoms with E-state index in [9.17, 15) is 4.79 Å². The first-order chi connectivity index (χ1) is 10.3. The Morgan fingerprint density at radius 1 is 1.24 bits per heavy atom. The van der Waals surface area contributed by atoms with Gasteiger partial charge in [0.25, 0.3) is 0 Å². The van der Waals surface area contributed by atoms with Gasteiger partial charge in [0.05, 0.1) is 10.4 Å². The highest BCUT2D eigenvalue weighted by molar-refractivity contribution is 7.13. The van der Waals surface area contributed by atoms with E-state index in [1.807, 2.05) is 23.6 Å². The first-order valence-electron chi connectivity index (χ1n) is 7.70. The molecule has 4 heteroatoms. The largest absolute Gasteiger partial charge is 0.463 e. The number of hydrogen-bond acceptors (Lipinski definition) is 4. The van der Waals surface area contributed by atoms with Crippen LogP contribution in [-0.4, -0.2) is 30.3 Å². The van der Waals surface area contributed by atoms with Crippen molar-refractivity contribution in [1.29, 1.82) is 0 Å². The van der Waals surface area contributed by atoms with E-state index in [-0.39, 0.29) is 11.7 Å². The molecule has 0 saturated carbocycles. The van der Waals surface area contributed by atoms with Crippen LogP contribution in [0.4, 0.5) is 0 Å². The Kier molecular flexibility index (Phi) is 3.43. The lowest BCUT2D eigenvalue weighted by atomic mass is 9.80. The molecule has 2 aromatic rings. The zero-order chi connectivity index (χ0) is 14.2. The maximum Gasteiger partial charge on any atom is 0.169 e. The van der Waals surface area contributed by atoms with Gasteiger partial charge in [-0.15, -0.1) is 11.3 Å². The third-order valence-electron chi connectivity index (χ3n) is 4.94. The second kappa shape index (κ2) is 5.43. The average molecular weight is 301 g/mol. The highest BCUT2D eigenvalue weighted by Crippen LogP contribution is 2.35. The highest BCUT2D eigenvalue weighted by Gasteiger charge is 2.35. The first kappa shape index (κ1) is 13.3. The molecule has 0 amide bonds. The average Bonchev–Trinajstić information content (AvgIpc) is 3.12. The molecule has 3 aliphatic heterocycles. The first-order valence-corrected chi connectivity index (χ1v) is 8.58. The lowest BCUT2D eigenvalue weighted by molar-refractivity contribution is 0.0859. The molecule has 3 aliphatic rings. The summed E-state index contributed by atoms with van der Waals surface area (Å²) in [5.74, 6) is 1.85. The van der Waals surface area contributed by atoms with Gasteiger partial charge in [0.1, 0.15) is 12.0 Å². The number of hydrogen-bond donors (Lipinski definition) is 0. The number of rotatable bonds is 3. The van der Waals surface area contributed by atoms with Gasteiger partial charge in [-0.25, -0.2) is 0 Å². The molecule has 1 atom stereocenters. The van der Waals surface area contributed by atoms with E-state index in [0.717, 1.165) is 29.2 Å². The number of Topliss-reactive ketones (excluding diaryl/α,β-unsaturated/α-hetero) is 1. The van der Waals surface area contributed by atoms with Crippen molar-refractivity contribution in [2.75, 3.05) is 19.6 Å².